The second-order valence-corrected chi connectivity index (χ2v) is 9.66. The van der Waals surface area contributed by atoms with Gasteiger partial charge in [0.15, 0.2) is 0 Å². The quantitative estimate of drug-likeness (QED) is 0.813. The van der Waals surface area contributed by atoms with Gasteiger partial charge in [-0.1, -0.05) is 5.16 Å². The van der Waals surface area contributed by atoms with Gasteiger partial charge in [0.1, 0.15) is 5.76 Å². The summed E-state index contributed by atoms with van der Waals surface area (Å²) in [7, 11) is -3.15. The molecule has 1 saturated carbocycles. The Hall–Kier alpha value is -0.960. The van der Waals surface area contributed by atoms with Crippen molar-refractivity contribution in [3.63, 3.8) is 0 Å². The molecule has 8 heteroatoms. The Kier molecular flexibility index (Phi) is 3.98. The summed E-state index contributed by atoms with van der Waals surface area (Å²) in [6.45, 7) is 8.29. The van der Waals surface area contributed by atoms with E-state index in [2.05, 4.69) is 14.8 Å². The molecule has 1 aromatic heterocycles. The van der Waals surface area contributed by atoms with Crippen LogP contribution >= 0.6 is 0 Å². The highest BCUT2D eigenvalue weighted by atomic mass is 32.2. The minimum absolute atomic E-state index is 0.110. The molecule has 3 aliphatic rings. The van der Waals surface area contributed by atoms with Gasteiger partial charge in [-0.25, -0.2) is 13.1 Å². The summed E-state index contributed by atoms with van der Waals surface area (Å²) in [5.74, 6) is 1.24. The Bertz CT molecular complexity index is 708. The lowest BCUT2D eigenvalue weighted by Crippen LogP contribution is -2.43. The van der Waals surface area contributed by atoms with Crippen molar-refractivity contribution in [2.75, 3.05) is 32.8 Å². The topological polar surface area (TPSA) is 84.7 Å². The van der Waals surface area contributed by atoms with Crippen molar-refractivity contribution in [1.82, 2.24) is 14.8 Å². The fourth-order valence-electron chi connectivity index (χ4n) is 4.01. The molecule has 0 aromatic carbocycles. The third-order valence-corrected chi connectivity index (χ3v) is 7.64. The van der Waals surface area contributed by atoms with Gasteiger partial charge < -0.3 is 9.26 Å². The molecule has 134 valence electrons. The highest BCUT2D eigenvalue weighted by Crippen LogP contribution is 2.42. The van der Waals surface area contributed by atoms with Crippen LogP contribution in [0.2, 0.25) is 0 Å². The Labute approximate surface area is 142 Å². The van der Waals surface area contributed by atoms with Gasteiger partial charge in [0.25, 0.3) is 0 Å². The van der Waals surface area contributed by atoms with E-state index in [0.717, 1.165) is 49.5 Å². The predicted octanol–water partition coefficient (Wildman–Crippen LogP) is 0.822. The van der Waals surface area contributed by atoms with E-state index in [4.69, 9.17) is 9.26 Å². The molecule has 4 rings (SSSR count). The lowest BCUT2D eigenvalue weighted by atomic mass is 9.81. The molecule has 0 amide bonds. The zero-order chi connectivity index (χ0) is 16.9. The van der Waals surface area contributed by atoms with Crippen LogP contribution in [0.25, 0.3) is 0 Å². The SMILES string of the molecule is Cc1noc(C)c1CN1C[C@H]2COC[C@@]2(CNS(=O)(=O)C2CC2)C1. The van der Waals surface area contributed by atoms with Crippen LogP contribution in [0.5, 0.6) is 0 Å². The van der Waals surface area contributed by atoms with Crippen LogP contribution < -0.4 is 4.72 Å². The van der Waals surface area contributed by atoms with E-state index in [1.165, 1.54) is 0 Å². The van der Waals surface area contributed by atoms with Gasteiger partial charge in [-0.3, -0.25) is 4.90 Å². The number of aromatic nitrogens is 1. The molecule has 2 aliphatic heterocycles. The summed E-state index contributed by atoms with van der Waals surface area (Å²) in [6.07, 6.45) is 1.58. The highest BCUT2D eigenvalue weighted by Gasteiger charge is 2.51. The molecule has 3 heterocycles. The number of hydrogen-bond acceptors (Lipinski definition) is 6. The summed E-state index contributed by atoms with van der Waals surface area (Å²) < 4.78 is 38.2. The fourth-order valence-corrected chi connectivity index (χ4v) is 5.49. The molecule has 2 atom stereocenters. The zero-order valence-electron chi connectivity index (χ0n) is 14.2. The number of nitrogens with zero attached hydrogens (tertiary/aromatic N) is 2. The molecule has 7 nitrogen and oxygen atoms in total. The van der Waals surface area contributed by atoms with Crippen LogP contribution in [0.4, 0.5) is 0 Å². The number of fused-ring (bicyclic) bond motifs is 1. The average Bonchev–Trinajstić information content (AvgIpc) is 3.16. The van der Waals surface area contributed by atoms with E-state index >= 15 is 0 Å². The lowest BCUT2D eigenvalue weighted by Gasteiger charge is -2.27. The van der Waals surface area contributed by atoms with Gasteiger partial charge >= 0.3 is 0 Å². The van der Waals surface area contributed by atoms with Crippen molar-refractivity contribution in [3.05, 3.63) is 17.0 Å². The van der Waals surface area contributed by atoms with Crippen molar-refractivity contribution in [2.24, 2.45) is 11.3 Å². The van der Waals surface area contributed by atoms with Crippen LogP contribution in [-0.2, 0) is 21.3 Å². The molecule has 0 unspecified atom stereocenters. The van der Waals surface area contributed by atoms with Gasteiger partial charge in [0, 0.05) is 43.1 Å². The summed E-state index contributed by atoms with van der Waals surface area (Å²) in [5, 5.41) is 3.85. The van der Waals surface area contributed by atoms with Crippen LogP contribution in [0.3, 0.4) is 0 Å². The summed E-state index contributed by atoms with van der Waals surface area (Å²) >= 11 is 0. The molecule has 3 fully saturated rings. The Balaban J connectivity index is 1.45. The van der Waals surface area contributed by atoms with E-state index in [1.807, 2.05) is 13.8 Å². The first-order valence-corrected chi connectivity index (χ1v) is 10.1. The largest absolute Gasteiger partial charge is 0.380 e. The highest BCUT2D eigenvalue weighted by molar-refractivity contribution is 7.90. The van der Waals surface area contributed by atoms with Crippen molar-refractivity contribution in [2.45, 2.75) is 38.5 Å². The molecule has 0 spiro atoms. The van der Waals surface area contributed by atoms with Crippen LogP contribution in [-0.4, -0.2) is 56.6 Å². The molecule has 24 heavy (non-hydrogen) atoms. The molecule has 0 radical (unpaired) electrons. The van der Waals surface area contributed by atoms with E-state index < -0.39 is 10.0 Å². The van der Waals surface area contributed by atoms with Gasteiger partial charge in [-0.05, 0) is 26.7 Å². The number of rotatable bonds is 6. The van der Waals surface area contributed by atoms with Crippen LogP contribution in [0.15, 0.2) is 4.52 Å². The van der Waals surface area contributed by atoms with Crippen molar-refractivity contribution in [3.8, 4) is 0 Å². The molecule has 1 N–H and O–H groups in total. The summed E-state index contributed by atoms with van der Waals surface area (Å²) in [6, 6.07) is 0. The maximum Gasteiger partial charge on any atom is 0.214 e. The summed E-state index contributed by atoms with van der Waals surface area (Å²) in [5.41, 5.74) is 1.97. The van der Waals surface area contributed by atoms with Crippen LogP contribution in [0.1, 0.15) is 29.9 Å². The van der Waals surface area contributed by atoms with E-state index in [9.17, 15) is 8.42 Å². The molecule has 0 bridgehead atoms. The minimum atomic E-state index is -3.15. The second kappa shape index (κ2) is 5.79. The van der Waals surface area contributed by atoms with Gasteiger partial charge in [0.05, 0.1) is 24.2 Å². The van der Waals surface area contributed by atoms with Gasteiger partial charge in [-0.15, -0.1) is 0 Å². The molecular weight excluding hydrogens is 330 g/mol. The van der Waals surface area contributed by atoms with Gasteiger partial charge in [0.2, 0.25) is 10.0 Å². The lowest BCUT2D eigenvalue weighted by molar-refractivity contribution is 0.128. The van der Waals surface area contributed by atoms with Crippen LogP contribution in [0, 0.1) is 25.2 Å². The van der Waals surface area contributed by atoms with E-state index in [-0.39, 0.29) is 10.7 Å². The number of ether oxygens (including phenoxy) is 1. The standard InChI is InChI=1S/C16H25N3O4S/c1-11-15(12(2)23-18-11)6-19-5-13-7-22-10-16(13,9-19)8-17-24(20,21)14-3-4-14/h13-14,17H,3-10H2,1-2H3/t13-,16+/m0/s1. The fraction of sp³-hybridized carbons (Fsp3) is 0.812. The van der Waals surface area contributed by atoms with E-state index in [0.29, 0.717) is 25.7 Å². The Morgan fingerprint density at radius 3 is 2.83 bits per heavy atom. The maximum absolute atomic E-state index is 12.2. The first-order chi connectivity index (χ1) is 11.4. The number of aryl methyl sites for hydroxylation is 2. The zero-order valence-corrected chi connectivity index (χ0v) is 15.1. The average molecular weight is 355 g/mol. The smallest absolute Gasteiger partial charge is 0.214 e. The number of hydrogen-bond donors (Lipinski definition) is 1. The van der Waals surface area contributed by atoms with Crippen molar-refractivity contribution < 1.29 is 17.7 Å². The summed E-state index contributed by atoms with van der Waals surface area (Å²) in [4.78, 5) is 2.38. The number of nitrogens with one attached hydrogen (secondary N) is 1. The Morgan fingerprint density at radius 2 is 2.17 bits per heavy atom. The van der Waals surface area contributed by atoms with Crippen molar-refractivity contribution >= 4 is 10.0 Å². The molecular formula is C16H25N3O4S. The normalized spacial score (nSPS) is 30.8. The molecule has 1 aliphatic carbocycles. The molecule has 1 aromatic rings. The first-order valence-electron chi connectivity index (χ1n) is 8.60. The third-order valence-electron chi connectivity index (χ3n) is 5.74. The second-order valence-electron chi connectivity index (χ2n) is 7.61. The monoisotopic (exact) mass is 355 g/mol. The van der Waals surface area contributed by atoms with Crippen molar-refractivity contribution in [1.29, 1.82) is 0 Å². The van der Waals surface area contributed by atoms with Gasteiger partial charge in [-0.2, -0.15) is 0 Å². The maximum atomic E-state index is 12.2. The minimum Gasteiger partial charge on any atom is -0.380 e. The number of likely N-dealkylation sites (tertiary alicyclic amines) is 1. The number of sulfonamides is 1. The third kappa shape index (κ3) is 2.89. The first kappa shape index (κ1) is 16.5. The predicted molar refractivity (Wildman–Crippen MR) is 87.9 cm³/mol. The van der Waals surface area contributed by atoms with E-state index in [1.54, 1.807) is 0 Å². The Morgan fingerprint density at radius 1 is 1.38 bits per heavy atom. The molecule has 2 saturated heterocycles.